The van der Waals surface area contributed by atoms with Gasteiger partial charge in [-0.2, -0.15) is 9.97 Å². The van der Waals surface area contributed by atoms with Crippen molar-refractivity contribution in [2.24, 2.45) is 0 Å². The minimum absolute atomic E-state index is 0.0939. The molecule has 10 nitrogen and oxygen atoms in total. The maximum absolute atomic E-state index is 6.00. The van der Waals surface area contributed by atoms with Crippen LogP contribution in [-0.4, -0.2) is 73.7 Å². The second-order valence-electron chi connectivity index (χ2n) is 12.4. The lowest BCUT2D eigenvalue weighted by Crippen LogP contribution is -2.46. The van der Waals surface area contributed by atoms with Crippen LogP contribution in [-0.2, 0) is 22.6 Å². The molecule has 10 heteroatoms. The van der Waals surface area contributed by atoms with Gasteiger partial charge in [0.15, 0.2) is 5.65 Å². The number of fused-ring (bicyclic) bond motifs is 1. The minimum atomic E-state index is 0.0939. The van der Waals surface area contributed by atoms with Gasteiger partial charge in [0.2, 0.25) is 5.95 Å². The van der Waals surface area contributed by atoms with E-state index in [4.69, 9.17) is 33.9 Å². The number of nitrogens with one attached hydrogen (secondary N) is 1. The van der Waals surface area contributed by atoms with Crippen LogP contribution in [0.2, 0.25) is 0 Å². The molecule has 0 bridgehead atoms. The Labute approximate surface area is 281 Å². The zero-order valence-electron chi connectivity index (χ0n) is 27.8. The second-order valence-corrected chi connectivity index (χ2v) is 12.4. The number of hydrogen-bond acceptors (Lipinski definition) is 10. The van der Waals surface area contributed by atoms with Gasteiger partial charge in [0.25, 0.3) is 0 Å². The first kappa shape index (κ1) is 31.7. The van der Waals surface area contributed by atoms with Crippen LogP contribution in [0, 0.1) is 0 Å². The normalized spacial score (nSPS) is 18.1. The molecule has 0 saturated carbocycles. The third-order valence-corrected chi connectivity index (χ3v) is 8.70. The molecular formula is C38H42N6O4. The van der Waals surface area contributed by atoms with Crippen molar-refractivity contribution in [2.75, 3.05) is 61.6 Å². The highest BCUT2D eigenvalue weighted by atomic mass is 16.5. The van der Waals surface area contributed by atoms with E-state index < -0.39 is 0 Å². The van der Waals surface area contributed by atoms with Crippen LogP contribution in [0.15, 0.2) is 84.9 Å². The van der Waals surface area contributed by atoms with Gasteiger partial charge in [-0.25, -0.2) is 4.98 Å². The summed E-state index contributed by atoms with van der Waals surface area (Å²) < 4.78 is 23.3. The Morgan fingerprint density at radius 1 is 0.833 bits per heavy atom. The van der Waals surface area contributed by atoms with Gasteiger partial charge in [0, 0.05) is 49.5 Å². The van der Waals surface area contributed by atoms with Gasteiger partial charge in [0.05, 0.1) is 43.6 Å². The summed E-state index contributed by atoms with van der Waals surface area (Å²) in [5, 5.41) is 4.47. The number of rotatable bonds is 10. The number of aromatic nitrogens is 3. The van der Waals surface area contributed by atoms with E-state index in [-0.39, 0.29) is 12.2 Å². The summed E-state index contributed by atoms with van der Waals surface area (Å²) in [7, 11) is 1.70. The average Bonchev–Trinajstić information content (AvgIpc) is 3.13. The molecule has 5 aromatic rings. The van der Waals surface area contributed by atoms with Crippen LogP contribution < -0.4 is 24.6 Å². The number of benzene rings is 3. The maximum atomic E-state index is 6.00. The zero-order chi connectivity index (χ0) is 32.9. The van der Waals surface area contributed by atoms with E-state index in [1.54, 1.807) is 7.11 Å². The number of ether oxygens (including phenoxy) is 4. The SMILES string of the molecule is COc1ccc(-c2ccc3c(N4CCOCC4)nc(N4CC(C)OC(C)C4)nc3n2)cc1CNc1ccc(OCc2ccccc2)cc1. The number of nitrogens with zero attached hydrogens (tertiary/aromatic N) is 5. The van der Waals surface area contributed by atoms with E-state index >= 15 is 0 Å². The van der Waals surface area contributed by atoms with E-state index in [9.17, 15) is 0 Å². The van der Waals surface area contributed by atoms with Crippen molar-refractivity contribution in [2.45, 2.75) is 39.2 Å². The summed E-state index contributed by atoms with van der Waals surface area (Å²) in [6.07, 6.45) is 0.188. The van der Waals surface area contributed by atoms with Crippen molar-refractivity contribution >= 4 is 28.5 Å². The quantitative estimate of drug-likeness (QED) is 0.185. The Bertz CT molecular complexity index is 1820. The smallest absolute Gasteiger partial charge is 0.229 e. The highest BCUT2D eigenvalue weighted by molar-refractivity contribution is 5.90. The fourth-order valence-corrected chi connectivity index (χ4v) is 6.33. The van der Waals surface area contributed by atoms with Crippen molar-refractivity contribution in [3.05, 3.63) is 96.1 Å². The third kappa shape index (κ3) is 7.30. The number of pyridine rings is 1. The average molecular weight is 647 g/mol. The van der Waals surface area contributed by atoms with Gasteiger partial charge in [-0.1, -0.05) is 30.3 Å². The molecule has 48 heavy (non-hydrogen) atoms. The first-order chi connectivity index (χ1) is 23.5. The Balaban J connectivity index is 1.13. The highest BCUT2D eigenvalue weighted by Crippen LogP contribution is 2.32. The van der Waals surface area contributed by atoms with Crippen molar-refractivity contribution in [1.82, 2.24) is 15.0 Å². The number of hydrogen-bond donors (Lipinski definition) is 1. The Kier molecular flexibility index (Phi) is 9.53. The summed E-state index contributed by atoms with van der Waals surface area (Å²) in [6, 6.07) is 28.5. The standard InChI is InChI=1S/C38H42N6O4/c1-26-23-44(24-27(2)48-26)38-41-36-33(37(42-38)43-17-19-46-20-18-43)14-15-34(40-36)29-9-16-35(45-3)30(21-29)22-39-31-10-12-32(13-11-31)47-25-28-7-5-4-6-8-28/h4-16,21,26-27,39H,17-20,22-25H2,1-3H3. The molecule has 2 aliphatic heterocycles. The van der Waals surface area contributed by atoms with E-state index in [0.29, 0.717) is 38.0 Å². The van der Waals surface area contributed by atoms with Gasteiger partial charge in [0.1, 0.15) is 23.9 Å². The summed E-state index contributed by atoms with van der Waals surface area (Å²) in [6.45, 7) is 9.67. The predicted molar refractivity (Wildman–Crippen MR) is 189 cm³/mol. The molecule has 2 atom stereocenters. The lowest BCUT2D eigenvalue weighted by Gasteiger charge is -2.36. The van der Waals surface area contributed by atoms with Crippen LogP contribution in [0.3, 0.4) is 0 Å². The molecule has 248 valence electrons. The van der Waals surface area contributed by atoms with Crippen LogP contribution in [0.25, 0.3) is 22.3 Å². The van der Waals surface area contributed by atoms with Crippen molar-refractivity contribution in [3.8, 4) is 22.8 Å². The van der Waals surface area contributed by atoms with E-state index in [2.05, 4.69) is 59.3 Å². The number of morpholine rings is 2. The first-order valence-electron chi connectivity index (χ1n) is 16.6. The van der Waals surface area contributed by atoms with Gasteiger partial charge in [-0.3, -0.25) is 0 Å². The summed E-state index contributed by atoms with van der Waals surface area (Å²) >= 11 is 0. The van der Waals surface area contributed by atoms with Crippen molar-refractivity contribution in [3.63, 3.8) is 0 Å². The van der Waals surface area contributed by atoms with Gasteiger partial charge in [-0.15, -0.1) is 0 Å². The lowest BCUT2D eigenvalue weighted by atomic mass is 10.1. The summed E-state index contributed by atoms with van der Waals surface area (Å²) in [4.78, 5) is 19.7. The van der Waals surface area contributed by atoms with Gasteiger partial charge >= 0.3 is 0 Å². The molecule has 0 amide bonds. The first-order valence-corrected chi connectivity index (χ1v) is 16.6. The molecule has 0 spiro atoms. The Morgan fingerprint density at radius 3 is 2.35 bits per heavy atom. The van der Waals surface area contributed by atoms with Crippen molar-refractivity contribution in [1.29, 1.82) is 0 Å². The topological polar surface area (TPSA) is 94.1 Å². The number of methoxy groups -OCH3 is 1. The Morgan fingerprint density at radius 2 is 1.60 bits per heavy atom. The van der Waals surface area contributed by atoms with Crippen LogP contribution in [0.1, 0.15) is 25.0 Å². The monoisotopic (exact) mass is 646 g/mol. The largest absolute Gasteiger partial charge is 0.496 e. The fraction of sp³-hybridized carbons (Fsp3) is 0.342. The van der Waals surface area contributed by atoms with E-state index in [1.807, 2.05) is 54.6 Å². The highest BCUT2D eigenvalue weighted by Gasteiger charge is 2.27. The molecule has 0 aliphatic carbocycles. The van der Waals surface area contributed by atoms with Gasteiger partial charge in [-0.05, 0) is 74.0 Å². The summed E-state index contributed by atoms with van der Waals surface area (Å²) in [5.41, 5.74) is 5.66. The molecule has 7 rings (SSSR count). The third-order valence-electron chi connectivity index (χ3n) is 8.70. The molecule has 4 heterocycles. The molecule has 2 aliphatic rings. The molecule has 3 aromatic carbocycles. The van der Waals surface area contributed by atoms with E-state index in [0.717, 1.165) is 77.0 Å². The molecule has 2 aromatic heterocycles. The Hall–Kier alpha value is -4.93. The fourth-order valence-electron chi connectivity index (χ4n) is 6.33. The zero-order valence-corrected chi connectivity index (χ0v) is 27.8. The van der Waals surface area contributed by atoms with Gasteiger partial charge < -0.3 is 34.1 Å². The van der Waals surface area contributed by atoms with Crippen LogP contribution in [0.4, 0.5) is 17.5 Å². The number of anilines is 3. The molecule has 1 N–H and O–H groups in total. The summed E-state index contributed by atoms with van der Waals surface area (Å²) in [5.74, 6) is 3.23. The maximum Gasteiger partial charge on any atom is 0.229 e. The minimum Gasteiger partial charge on any atom is -0.496 e. The molecule has 2 fully saturated rings. The van der Waals surface area contributed by atoms with E-state index in [1.165, 1.54) is 0 Å². The van der Waals surface area contributed by atoms with Crippen LogP contribution >= 0.6 is 0 Å². The molecule has 2 saturated heterocycles. The molecular weight excluding hydrogens is 604 g/mol. The second kappa shape index (κ2) is 14.5. The lowest BCUT2D eigenvalue weighted by molar-refractivity contribution is -0.00570. The molecule has 0 radical (unpaired) electrons. The molecule has 2 unspecified atom stereocenters. The van der Waals surface area contributed by atoms with Crippen LogP contribution in [0.5, 0.6) is 11.5 Å². The predicted octanol–water partition coefficient (Wildman–Crippen LogP) is 6.34. The van der Waals surface area contributed by atoms with Crippen molar-refractivity contribution < 1.29 is 18.9 Å².